The molecule has 0 fully saturated rings. The highest BCUT2D eigenvalue weighted by Crippen LogP contribution is 2.12. The van der Waals surface area contributed by atoms with Crippen LogP contribution in [0.2, 0.25) is 0 Å². The van der Waals surface area contributed by atoms with Crippen LogP contribution in [0.5, 0.6) is 0 Å². The lowest BCUT2D eigenvalue weighted by Gasteiger charge is -2.22. The fourth-order valence-electron chi connectivity index (χ4n) is 1.79. The molecule has 1 aromatic carbocycles. The van der Waals surface area contributed by atoms with Gasteiger partial charge in [0.1, 0.15) is 11.6 Å². The first-order chi connectivity index (χ1) is 11.1. The summed E-state index contributed by atoms with van der Waals surface area (Å²) in [6, 6.07) is 6.17. The molecular weight excluding hydrogens is 312 g/mol. The van der Waals surface area contributed by atoms with Crippen molar-refractivity contribution in [2.75, 3.05) is 19.5 Å². The number of nitrogens with one attached hydrogen (secondary N) is 3. The van der Waals surface area contributed by atoms with E-state index in [1.54, 1.807) is 37.9 Å². The Hall–Kier alpha value is -2.32. The number of carbonyl (C=O) groups is 2. The minimum absolute atomic E-state index is 0.163. The van der Waals surface area contributed by atoms with Gasteiger partial charge in [0, 0.05) is 20.5 Å². The third kappa shape index (κ3) is 7.80. The highest BCUT2D eigenvalue weighted by molar-refractivity contribution is 5.80. The van der Waals surface area contributed by atoms with Gasteiger partial charge in [0.05, 0.1) is 5.69 Å². The number of hydrogen-bond donors (Lipinski definition) is 4. The van der Waals surface area contributed by atoms with Crippen LogP contribution in [0, 0.1) is 0 Å². The maximum atomic E-state index is 11.7. The Morgan fingerprint density at radius 3 is 2.25 bits per heavy atom. The Morgan fingerprint density at radius 1 is 1.21 bits per heavy atom. The number of carboxylic acids is 1. The smallest absolute Gasteiger partial charge is 0.408 e. The second kappa shape index (κ2) is 8.51. The van der Waals surface area contributed by atoms with E-state index in [0.29, 0.717) is 0 Å². The Kier molecular flexibility index (Phi) is 6.99. The van der Waals surface area contributed by atoms with Crippen molar-refractivity contribution in [2.45, 2.75) is 38.8 Å². The Balaban J connectivity index is 2.65. The molecular formula is C16H26N4O4. The molecule has 0 aliphatic heterocycles. The maximum absolute atomic E-state index is 11.7. The van der Waals surface area contributed by atoms with Gasteiger partial charge in [-0.05, 0) is 38.5 Å². The van der Waals surface area contributed by atoms with Gasteiger partial charge >= 0.3 is 12.1 Å². The predicted octanol–water partition coefficient (Wildman–Crippen LogP) is 1.60. The number of aliphatic carboxylic acids is 1. The third-order valence-corrected chi connectivity index (χ3v) is 2.81. The average Bonchev–Trinajstić information content (AvgIpc) is 2.43. The molecule has 8 nitrogen and oxygen atoms in total. The number of nitrogens with zero attached hydrogens (tertiary/aromatic N) is 1. The summed E-state index contributed by atoms with van der Waals surface area (Å²) in [6.45, 7) is 5.15. The number of ether oxygens (including phenoxy) is 1. The number of alkyl carbamates (subject to hydrolysis) is 1. The number of amides is 1. The monoisotopic (exact) mass is 338 g/mol. The lowest BCUT2D eigenvalue weighted by atomic mass is 10.1. The van der Waals surface area contributed by atoms with Crippen LogP contribution in [-0.2, 0) is 16.0 Å². The van der Waals surface area contributed by atoms with Crippen LogP contribution in [-0.4, -0.2) is 47.9 Å². The second-order valence-electron chi connectivity index (χ2n) is 6.57. The van der Waals surface area contributed by atoms with Gasteiger partial charge in [-0.15, -0.1) is 0 Å². The molecule has 1 rings (SSSR count). The van der Waals surface area contributed by atoms with E-state index in [1.807, 2.05) is 26.2 Å². The standard InChI is InChI=1S/C16H26N4O4/c1-16(2,3)24-15(23)17-13(14(21)22)10-11-6-8-12(9-7-11)18-19-20(4)5/h6-9,13,18-19H,10H2,1-5H3,(H,17,23)(H,21,22)/t13-/m0/s1. The highest BCUT2D eigenvalue weighted by atomic mass is 16.6. The van der Waals surface area contributed by atoms with Crippen LogP contribution in [0.15, 0.2) is 24.3 Å². The summed E-state index contributed by atoms with van der Waals surface area (Å²) < 4.78 is 5.09. The molecule has 4 N–H and O–H groups in total. The molecule has 0 heterocycles. The van der Waals surface area contributed by atoms with Crippen LogP contribution in [0.3, 0.4) is 0 Å². The summed E-state index contributed by atoms with van der Waals surface area (Å²) in [5.41, 5.74) is 6.82. The van der Waals surface area contributed by atoms with E-state index >= 15 is 0 Å². The highest BCUT2D eigenvalue weighted by Gasteiger charge is 2.24. The topological polar surface area (TPSA) is 103 Å². The molecule has 0 saturated heterocycles. The molecule has 0 aliphatic rings. The van der Waals surface area contributed by atoms with Crippen molar-refractivity contribution in [1.29, 1.82) is 0 Å². The van der Waals surface area contributed by atoms with E-state index in [4.69, 9.17) is 4.74 Å². The third-order valence-electron chi connectivity index (χ3n) is 2.81. The minimum Gasteiger partial charge on any atom is -0.480 e. The summed E-state index contributed by atoms with van der Waals surface area (Å²) in [5, 5.41) is 13.4. The lowest BCUT2D eigenvalue weighted by Crippen LogP contribution is -2.44. The number of benzene rings is 1. The van der Waals surface area contributed by atoms with Crippen molar-refractivity contribution in [3.05, 3.63) is 29.8 Å². The van der Waals surface area contributed by atoms with Crippen molar-refractivity contribution in [2.24, 2.45) is 0 Å². The molecule has 0 aromatic heterocycles. The molecule has 0 aliphatic carbocycles. The van der Waals surface area contributed by atoms with Gasteiger partial charge < -0.3 is 20.6 Å². The molecule has 134 valence electrons. The number of carboxylic acid groups (broad SMARTS) is 1. The van der Waals surface area contributed by atoms with E-state index in [1.165, 1.54) is 0 Å². The van der Waals surface area contributed by atoms with Crippen molar-refractivity contribution >= 4 is 17.7 Å². The van der Waals surface area contributed by atoms with Crippen molar-refractivity contribution < 1.29 is 19.4 Å². The summed E-state index contributed by atoms with van der Waals surface area (Å²) in [4.78, 5) is 23.1. The van der Waals surface area contributed by atoms with Gasteiger partial charge in [-0.3, -0.25) is 0 Å². The molecule has 0 radical (unpaired) electrons. The molecule has 24 heavy (non-hydrogen) atoms. The number of hydrazine groups is 2. The first kappa shape index (κ1) is 19.7. The van der Waals surface area contributed by atoms with Crippen LogP contribution >= 0.6 is 0 Å². The number of anilines is 1. The SMILES string of the molecule is CN(C)NNc1ccc(C[C@H](NC(=O)OC(C)(C)C)C(=O)O)cc1. The quantitative estimate of drug-likeness (QED) is 0.560. The van der Waals surface area contributed by atoms with E-state index in [-0.39, 0.29) is 6.42 Å². The second-order valence-corrected chi connectivity index (χ2v) is 6.57. The van der Waals surface area contributed by atoms with E-state index < -0.39 is 23.7 Å². The molecule has 0 spiro atoms. The van der Waals surface area contributed by atoms with Crippen molar-refractivity contribution in [3.63, 3.8) is 0 Å². The molecule has 8 heteroatoms. The normalized spacial score (nSPS) is 12.6. The molecule has 1 aromatic rings. The zero-order chi connectivity index (χ0) is 18.3. The molecule has 0 saturated carbocycles. The summed E-state index contributed by atoms with van der Waals surface area (Å²) >= 11 is 0. The number of rotatable bonds is 7. The van der Waals surface area contributed by atoms with Gasteiger partial charge in [0.2, 0.25) is 0 Å². The van der Waals surface area contributed by atoms with Gasteiger partial charge in [-0.1, -0.05) is 12.1 Å². The first-order valence-corrected chi connectivity index (χ1v) is 7.57. The molecule has 1 amide bonds. The summed E-state index contributed by atoms with van der Waals surface area (Å²) in [7, 11) is 3.70. The largest absolute Gasteiger partial charge is 0.480 e. The first-order valence-electron chi connectivity index (χ1n) is 7.57. The lowest BCUT2D eigenvalue weighted by molar-refractivity contribution is -0.139. The van der Waals surface area contributed by atoms with Crippen molar-refractivity contribution in [3.8, 4) is 0 Å². The zero-order valence-electron chi connectivity index (χ0n) is 14.7. The van der Waals surface area contributed by atoms with Gasteiger partial charge in [0.25, 0.3) is 0 Å². The zero-order valence-corrected chi connectivity index (χ0v) is 14.7. The molecule has 0 unspecified atom stereocenters. The fourth-order valence-corrected chi connectivity index (χ4v) is 1.79. The Labute approximate surface area is 142 Å². The van der Waals surface area contributed by atoms with Gasteiger partial charge in [-0.25, -0.2) is 14.6 Å². The minimum atomic E-state index is -1.11. The van der Waals surface area contributed by atoms with Crippen LogP contribution in [0.4, 0.5) is 10.5 Å². The van der Waals surface area contributed by atoms with Gasteiger partial charge in [-0.2, -0.15) is 5.53 Å². The van der Waals surface area contributed by atoms with E-state index in [9.17, 15) is 14.7 Å². The van der Waals surface area contributed by atoms with Crippen LogP contribution in [0.25, 0.3) is 0 Å². The maximum Gasteiger partial charge on any atom is 0.408 e. The summed E-state index contributed by atoms with van der Waals surface area (Å²) in [6.07, 6.45) is -0.584. The summed E-state index contributed by atoms with van der Waals surface area (Å²) in [5.74, 6) is -1.11. The Morgan fingerprint density at radius 2 is 1.79 bits per heavy atom. The van der Waals surface area contributed by atoms with Gasteiger partial charge in [0.15, 0.2) is 0 Å². The predicted molar refractivity (Wildman–Crippen MR) is 91.4 cm³/mol. The van der Waals surface area contributed by atoms with Crippen LogP contribution < -0.4 is 16.3 Å². The average molecular weight is 338 g/mol. The molecule has 0 bridgehead atoms. The van der Waals surface area contributed by atoms with Crippen molar-refractivity contribution in [1.82, 2.24) is 15.9 Å². The fraction of sp³-hybridized carbons (Fsp3) is 0.500. The number of hydrogen-bond acceptors (Lipinski definition) is 6. The van der Waals surface area contributed by atoms with E-state index in [0.717, 1.165) is 11.3 Å². The number of carbonyl (C=O) groups excluding carboxylic acids is 1. The van der Waals surface area contributed by atoms with Crippen LogP contribution in [0.1, 0.15) is 26.3 Å². The van der Waals surface area contributed by atoms with E-state index in [2.05, 4.69) is 16.3 Å². The molecule has 1 atom stereocenters. The Bertz CT molecular complexity index is 552.